The van der Waals surface area contributed by atoms with E-state index >= 15 is 0 Å². The Balaban J connectivity index is 2.74. The molecule has 136 valence electrons. The van der Waals surface area contributed by atoms with E-state index in [0.29, 0.717) is 23.4 Å². The highest BCUT2D eigenvalue weighted by Crippen LogP contribution is 2.17. The monoisotopic (exact) mass is 402 g/mol. The minimum atomic E-state index is -0.636. The Bertz CT molecular complexity index is 563. The van der Waals surface area contributed by atoms with E-state index in [1.165, 1.54) is 4.90 Å². The smallest absolute Gasteiger partial charge is 0.408 e. The van der Waals surface area contributed by atoms with E-state index in [1.54, 1.807) is 40.0 Å². The van der Waals surface area contributed by atoms with Crippen LogP contribution >= 0.6 is 15.9 Å². The van der Waals surface area contributed by atoms with E-state index < -0.39 is 17.7 Å². The van der Waals surface area contributed by atoms with Crippen LogP contribution in [0.1, 0.15) is 46.8 Å². The Hall–Kier alpha value is -1.50. The molecule has 7 heteroatoms. The lowest BCUT2D eigenvalue weighted by Gasteiger charge is -2.27. The second-order valence-electron chi connectivity index (χ2n) is 7.23. The molecule has 0 fully saturated rings. The van der Waals surface area contributed by atoms with Crippen molar-refractivity contribution in [3.05, 3.63) is 22.6 Å². The summed E-state index contributed by atoms with van der Waals surface area (Å²) in [5.41, 5.74) is -0.609. The van der Waals surface area contributed by atoms with E-state index in [4.69, 9.17) is 9.15 Å². The van der Waals surface area contributed by atoms with Crippen molar-refractivity contribution in [1.82, 2.24) is 10.2 Å². The van der Waals surface area contributed by atoms with Crippen LogP contribution in [0.3, 0.4) is 0 Å². The normalized spacial score (nSPS) is 12.8. The second kappa shape index (κ2) is 8.55. The molecular weight excluding hydrogens is 376 g/mol. The lowest BCUT2D eigenvalue weighted by molar-refractivity contribution is -0.133. The molecule has 1 unspecified atom stereocenters. The van der Waals surface area contributed by atoms with Gasteiger partial charge in [0.1, 0.15) is 17.4 Å². The van der Waals surface area contributed by atoms with Gasteiger partial charge in [0.25, 0.3) is 0 Å². The van der Waals surface area contributed by atoms with E-state index in [2.05, 4.69) is 21.2 Å². The fourth-order valence-corrected chi connectivity index (χ4v) is 2.50. The Morgan fingerprint density at radius 3 is 2.42 bits per heavy atom. The van der Waals surface area contributed by atoms with E-state index in [9.17, 15) is 9.59 Å². The van der Waals surface area contributed by atoms with Crippen LogP contribution in [0.2, 0.25) is 0 Å². The SMILES string of the molecule is CC(C)CC(NC(=O)OC(C)(C)C)C(=O)N(C)Cc1ccc(Br)o1. The van der Waals surface area contributed by atoms with Crippen LogP contribution < -0.4 is 5.32 Å². The maximum absolute atomic E-state index is 12.7. The van der Waals surface area contributed by atoms with Gasteiger partial charge in [-0.15, -0.1) is 0 Å². The van der Waals surface area contributed by atoms with Gasteiger partial charge in [-0.3, -0.25) is 4.79 Å². The van der Waals surface area contributed by atoms with Crippen LogP contribution in [-0.2, 0) is 16.1 Å². The second-order valence-corrected chi connectivity index (χ2v) is 8.01. The summed E-state index contributed by atoms with van der Waals surface area (Å²) >= 11 is 3.24. The van der Waals surface area contributed by atoms with Crippen molar-refractivity contribution >= 4 is 27.9 Å². The van der Waals surface area contributed by atoms with Crippen LogP contribution in [0.4, 0.5) is 4.79 Å². The topological polar surface area (TPSA) is 71.8 Å². The predicted molar refractivity (Wildman–Crippen MR) is 95.5 cm³/mol. The number of amides is 2. The Morgan fingerprint density at radius 1 is 1.33 bits per heavy atom. The van der Waals surface area contributed by atoms with Crippen molar-refractivity contribution in [2.24, 2.45) is 5.92 Å². The molecule has 1 atom stereocenters. The molecule has 0 aliphatic heterocycles. The Labute approximate surface area is 152 Å². The number of rotatable bonds is 6. The molecule has 0 aromatic carbocycles. The van der Waals surface area contributed by atoms with Gasteiger partial charge >= 0.3 is 6.09 Å². The molecule has 1 aromatic rings. The fourth-order valence-electron chi connectivity index (χ4n) is 2.16. The first-order valence-electron chi connectivity index (χ1n) is 7.96. The van der Waals surface area contributed by atoms with Crippen LogP contribution in [0.5, 0.6) is 0 Å². The highest BCUT2D eigenvalue weighted by atomic mass is 79.9. The van der Waals surface area contributed by atoms with Gasteiger partial charge in [0.15, 0.2) is 4.67 Å². The van der Waals surface area contributed by atoms with Crippen molar-refractivity contribution in [3.63, 3.8) is 0 Å². The molecule has 1 aromatic heterocycles. The number of likely N-dealkylation sites (N-methyl/N-ethyl adjacent to an activating group) is 1. The molecule has 0 aliphatic carbocycles. The van der Waals surface area contributed by atoms with Crippen LogP contribution in [-0.4, -0.2) is 35.6 Å². The summed E-state index contributed by atoms with van der Waals surface area (Å²) in [4.78, 5) is 26.2. The molecule has 1 N–H and O–H groups in total. The number of furan rings is 1. The number of nitrogens with zero attached hydrogens (tertiary/aromatic N) is 1. The molecule has 0 radical (unpaired) electrons. The van der Waals surface area contributed by atoms with Crippen molar-refractivity contribution < 1.29 is 18.7 Å². The number of alkyl carbamates (subject to hydrolysis) is 1. The van der Waals surface area contributed by atoms with Gasteiger partial charge in [-0.05, 0) is 61.2 Å². The maximum atomic E-state index is 12.7. The third kappa shape index (κ3) is 7.38. The summed E-state index contributed by atoms with van der Waals surface area (Å²) in [5.74, 6) is 0.736. The van der Waals surface area contributed by atoms with Crippen LogP contribution in [0, 0.1) is 5.92 Å². The first-order chi connectivity index (χ1) is 11.0. The Kier molecular flexibility index (Phi) is 7.32. The van der Waals surface area contributed by atoms with Crippen molar-refractivity contribution in [2.45, 2.75) is 59.2 Å². The van der Waals surface area contributed by atoms with Gasteiger partial charge in [-0.2, -0.15) is 0 Å². The standard InChI is InChI=1S/C17H27BrN2O4/c1-11(2)9-13(19-16(22)24-17(3,4)5)15(21)20(6)10-12-7-8-14(18)23-12/h7-8,11,13H,9-10H2,1-6H3,(H,19,22). The first-order valence-corrected chi connectivity index (χ1v) is 8.76. The highest BCUT2D eigenvalue weighted by Gasteiger charge is 2.27. The molecule has 0 aliphatic rings. The molecule has 1 heterocycles. The number of carbonyl (C=O) groups excluding carboxylic acids is 2. The molecule has 0 spiro atoms. The number of nitrogens with one attached hydrogen (secondary N) is 1. The lowest BCUT2D eigenvalue weighted by Crippen LogP contribution is -2.49. The van der Waals surface area contributed by atoms with E-state index in [0.717, 1.165) is 0 Å². The predicted octanol–water partition coefficient (Wildman–Crippen LogP) is 3.94. The zero-order chi connectivity index (χ0) is 18.5. The van der Waals surface area contributed by atoms with E-state index in [1.807, 2.05) is 13.8 Å². The number of halogens is 1. The van der Waals surface area contributed by atoms with E-state index in [-0.39, 0.29) is 11.8 Å². The van der Waals surface area contributed by atoms with Crippen molar-refractivity contribution in [1.29, 1.82) is 0 Å². The van der Waals surface area contributed by atoms with Gasteiger partial charge in [0.2, 0.25) is 5.91 Å². The largest absolute Gasteiger partial charge is 0.452 e. The number of hydrogen-bond donors (Lipinski definition) is 1. The molecular formula is C17H27BrN2O4. The number of hydrogen-bond acceptors (Lipinski definition) is 4. The molecule has 0 bridgehead atoms. The van der Waals surface area contributed by atoms with Gasteiger partial charge in [-0.25, -0.2) is 4.79 Å². The van der Waals surface area contributed by atoms with Gasteiger partial charge in [0.05, 0.1) is 6.54 Å². The third-order valence-corrected chi connectivity index (χ3v) is 3.52. The van der Waals surface area contributed by atoms with Gasteiger partial charge in [0, 0.05) is 7.05 Å². The lowest BCUT2D eigenvalue weighted by atomic mass is 10.0. The van der Waals surface area contributed by atoms with Crippen molar-refractivity contribution in [2.75, 3.05) is 7.05 Å². The zero-order valence-corrected chi connectivity index (χ0v) is 16.8. The van der Waals surface area contributed by atoms with Gasteiger partial charge in [-0.1, -0.05) is 13.8 Å². The van der Waals surface area contributed by atoms with Crippen LogP contribution in [0.15, 0.2) is 21.2 Å². The first kappa shape index (κ1) is 20.5. The maximum Gasteiger partial charge on any atom is 0.408 e. The zero-order valence-electron chi connectivity index (χ0n) is 15.2. The minimum absolute atomic E-state index is 0.179. The molecule has 0 saturated heterocycles. The van der Waals surface area contributed by atoms with Gasteiger partial charge < -0.3 is 19.4 Å². The van der Waals surface area contributed by atoms with Crippen molar-refractivity contribution in [3.8, 4) is 0 Å². The molecule has 24 heavy (non-hydrogen) atoms. The summed E-state index contributed by atoms with van der Waals surface area (Å²) in [6.45, 7) is 9.68. The molecule has 0 saturated carbocycles. The summed E-state index contributed by atoms with van der Waals surface area (Å²) < 4.78 is 11.3. The average Bonchev–Trinajstić information content (AvgIpc) is 2.79. The molecule has 2 amide bonds. The summed E-state index contributed by atoms with van der Waals surface area (Å²) in [7, 11) is 1.68. The summed E-state index contributed by atoms with van der Waals surface area (Å²) in [6.07, 6.45) is -0.0554. The third-order valence-electron chi connectivity index (χ3n) is 3.09. The average molecular weight is 403 g/mol. The minimum Gasteiger partial charge on any atom is -0.452 e. The molecule has 6 nitrogen and oxygen atoms in total. The van der Waals surface area contributed by atoms with Crippen LogP contribution in [0.25, 0.3) is 0 Å². The number of carbonyl (C=O) groups is 2. The molecule has 1 rings (SSSR count). The summed E-state index contributed by atoms with van der Waals surface area (Å²) in [6, 6.07) is 2.94. The highest BCUT2D eigenvalue weighted by molar-refractivity contribution is 9.10. The Morgan fingerprint density at radius 2 is 1.96 bits per heavy atom. The fraction of sp³-hybridized carbons (Fsp3) is 0.647. The number of ether oxygens (including phenoxy) is 1. The summed E-state index contributed by atoms with van der Waals surface area (Å²) in [5, 5.41) is 2.68. The quantitative estimate of drug-likeness (QED) is 0.781.